The number of carbonyl (C=O) groups excluding carboxylic acids is 3. The Balaban J connectivity index is 1.96. The summed E-state index contributed by atoms with van der Waals surface area (Å²) in [6.07, 6.45) is 0.303. The van der Waals surface area contributed by atoms with Crippen LogP contribution in [0.4, 0.5) is 0 Å². The van der Waals surface area contributed by atoms with Crippen LogP contribution >= 0.6 is 0 Å². The Kier molecular flexibility index (Phi) is 8.86. The number of carbonyl (C=O) groups is 3. The molecule has 168 valence electrons. The van der Waals surface area contributed by atoms with Crippen molar-refractivity contribution >= 4 is 17.8 Å². The van der Waals surface area contributed by atoms with Gasteiger partial charge in [-0.2, -0.15) is 5.26 Å². The van der Waals surface area contributed by atoms with Crippen molar-refractivity contribution in [2.45, 2.75) is 39.7 Å². The van der Waals surface area contributed by atoms with Crippen LogP contribution < -0.4 is 4.74 Å². The Bertz CT molecular complexity index is 825. The molecule has 1 unspecified atom stereocenters. The molecule has 31 heavy (non-hydrogen) atoms. The van der Waals surface area contributed by atoms with Crippen LogP contribution in [0.15, 0.2) is 24.3 Å². The predicted octanol–water partition coefficient (Wildman–Crippen LogP) is 2.22. The number of esters is 1. The standard InChI is InChI=1S/C23H31N3O5/c1-5-30-23(29)17-10-12-26(13-11-17)20(27)15-25(4)22(28)21(16(2)3)31-19-9-7-6-8-18(19)14-24/h6-9,16-17,21H,5,10-13,15H2,1-4H3. The van der Waals surface area contributed by atoms with E-state index in [0.717, 1.165) is 0 Å². The summed E-state index contributed by atoms with van der Waals surface area (Å²) < 4.78 is 10.9. The van der Waals surface area contributed by atoms with Crippen molar-refractivity contribution in [2.75, 3.05) is 33.3 Å². The normalized spacial score (nSPS) is 15.2. The van der Waals surface area contributed by atoms with Crippen LogP contribution in [0.25, 0.3) is 0 Å². The van der Waals surface area contributed by atoms with Gasteiger partial charge >= 0.3 is 5.97 Å². The van der Waals surface area contributed by atoms with Gasteiger partial charge in [0.25, 0.3) is 5.91 Å². The quantitative estimate of drug-likeness (QED) is 0.588. The van der Waals surface area contributed by atoms with E-state index in [0.29, 0.717) is 43.9 Å². The SMILES string of the molecule is CCOC(=O)C1CCN(C(=O)CN(C)C(=O)C(Oc2ccccc2C#N)C(C)C)CC1. The smallest absolute Gasteiger partial charge is 0.309 e. The molecule has 0 N–H and O–H groups in total. The Morgan fingerprint density at radius 2 is 1.87 bits per heavy atom. The van der Waals surface area contributed by atoms with Crippen LogP contribution in [0.3, 0.4) is 0 Å². The highest BCUT2D eigenvalue weighted by molar-refractivity contribution is 5.87. The van der Waals surface area contributed by atoms with Gasteiger partial charge in [-0.15, -0.1) is 0 Å². The summed E-state index contributed by atoms with van der Waals surface area (Å²) in [4.78, 5) is 40.6. The number of hydrogen-bond donors (Lipinski definition) is 0. The maximum atomic E-state index is 13.0. The number of hydrogen-bond acceptors (Lipinski definition) is 6. The maximum absolute atomic E-state index is 13.0. The van der Waals surface area contributed by atoms with E-state index in [9.17, 15) is 19.6 Å². The van der Waals surface area contributed by atoms with E-state index in [1.807, 2.05) is 13.8 Å². The topological polar surface area (TPSA) is 99.9 Å². The van der Waals surface area contributed by atoms with Crippen LogP contribution in [-0.4, -0.2) is 67.0 Å². The summed E-state index contributed by atoms with van der Waals surface area (Å²) in [5.74, 6) is -0.690. The van der Waals surface area contributed by atoms with Crippen molar-refractivity contribution in [1.82, 2.24) is 9.80 Å². The summed E-state index contributed by atoms with van der Waals surface area (Å²) in [6, 6.07) is 8.81. The number of para-hydroxylation sites is 1. The van der Waals surface area contributed by atoms with Crippen molar-refractivity contribution in [1.29, 1.82) is 5.26 Å². The molecule has 8 nitrogen and oxygen atoms in total. The molecule has 1 saturated heterocycles. The first-order valence-electron chi connectivity index (χ1n) is 10.6. The van der Waals surface area contributed by atoms with Crippen molar-refractivity contribution in [3.63, 3.8) is 0 Å². The molecule has 1 atom stereocenters. The van der Waals surface area contributed by atoms with E-state index < -0.39 is 6.10 Å². The minimum atomic E-state index is -0.818. The highest BCUT2D eigenvalue weighted by Crippen LogP contribution is 2.22. The number of piperidine rings is 1. The molecule has 1 aliphatic heterocycles. The highest BCUT2D eigenvalue weighted by atomic mass is 16.5. The van der Waals surface area contributed by atoms with E-state index in [1.54, 1.807) is 43.1 Å². The van der Waals surface area contributed by atoms with Crippen molar-refractivity contribution in [3.8, 4) is 11.8 Å². The number of likely N-dealkylation sites (N-methyl/N-ethyl adjacent to an activating group) is 1. The molecule has 0 spiro atoms. The summed E-state index contributed by atoms with van der Waals surface area (Å²) in [7, 11) is 1.57. The molecule has 1 heterocycles. The lowest BCUT2D eigenvalue weighted by Crippen LogP contribution is -2.49. The molecule has 0 bridgehead atoms. The van der Waals surface area contributed by atoms with Gasteiger partial charge in [0, 0.05) is 20.1 Å². The lowest BCUT2D eigenvalue weighted by molar-refractivity contribution is -0.151. The molecule has 1 aromatic rings. The average Bonchev–Trinajstić information content (AvgIpc) is 2.77. The third-order valence-electron chi connectivity index (χ3n) is 5.33. The number of nitriles is 1. The fraction of sp³-hybridized carbons (Fsp3) is 0.565. The Morgan fingerprint density at radius 3 is 2.45 bits per heavy atom. The Labute approximate surface area is 183 Å². The third kappa shape index (κ3) is 6.45. The molecule has 1 fully saturated rings. The Hall–Kier alpha value is -3.08. The zero-order chi connectivity index (χ0) is 23.0. The molecule has 0 aliphatic carbocycles. The van der Waals surface area contributed by atoms with E-state index in [2.05, 4.69) is 6.07 Å². The molecule has 1 aliphatic rings. The summed E-state index contributed by atoms with van der Waals surface area (Å²) in [5, 5.41) is 9.26. The monoisotopic (exact) mass is 429 g/mol. The van der Waals surface area contributed by atoms with E-state index in [4.69, 9.17) is 9.47 Å². The van der Waals surface area contributed by atoms with E-state index >= 15 is 0 Å². The van der Waals surface area contributed by atoms with Gasteiger partial charge in [0.2, 0.25) is 5.91 Å². The average molecular weight is 430 g/mol. The van der Waals surface area contributed by atoms with Gasteiger partial charge in [-0.25, -0.2) is 0 Å². The highest BCUT2D eigenvalue weighted by Gasteiger charge is 2.32. The number of amides is 2. The molecule has 8 heteroatoms. The number of rotatable bonds is 8. The molecule has 0 aromatic heterocycles. The maximum Gasteiger partial charge on any atom is 0.309 e. The minimum Gasteiger partial charge on any atom is -0.479 e. The van der Waals surface area contributed by atoms with Gasteiger partial charge in [0.15, 0.2) is 6.10 Å². The third-order valence-corrected chi connectivity index (χ3v) is 5.33. The predicted molar refractivity (Wildman–Crippen MR) is 114 cm³/mol. The molecule has 2 rings (SSSR count). The van der Waals surface area contributed by atoms with Crippen LogP contribution in [0, 0.1) is 23.2 Å². The number of benzene rings is 1. The van der Waals surface area contributed by atoms with Crippen molar-refractivity contribution in [2.24, 2.45) is 11.8 Å². The molecular weight excluding hydrogens is 398 g/mol. The number of nitrogens with zero attached hydrogens (tertiary/aromatic N) is 3. The lowest BCUT2D eigenvalue weighted by atomic mass is 9.97. The zero-order valence-corrected chi connectivity index (χ0v) is 18.7. The fourth-order valence-corrected chi connectivity index (χ4v) is 3.49. The van der Waals surface area contributed by atoms with Crippen molar-refractivity contribution in [3.05, 3.63) is 29.8 Å². The van der Waals surface area contributed by atoms with Gasteiger partial charge in [-0.3, -0.25) is 14.4 Å². The van der Waals surface area contributed by atoms with Crippen LogP contribution in [-0.2, 0) is 19.1 Å². The second kappa shape index (κ2) is 11.3. The van der Waals surface area contributed by atoms with Gasteiger partial charge in [-0.05, 0) is 37.8 Å². The summed E-state index contributed by atoms with van der Waals surface area (Å²) >= 11 is 0. The first-order chi connectivity index (χ1) is 14.8. The summed E-state index contributed by atoms with van der Waals surface area (Å²) in [5.41, 5.74) is 0.351. The minimum absolute atomic E-state index is 0.0740. The number of likely N-dealkylation sites (tertiary alicyclic amines) is 1. The van der Waals surface area contributed by atoms with Crippen LogP contribution in [0.1, 0.15) is 39.2 Å². The van der Waals surface area contributed by atoms with Gasteiger partial charge in [0.05, 0.1) is 24.6 Å². The largest absolute Gasteiger partial charge is 0.479 e. The van der Waals surface area contributed by atoms with Gasteiger partial charge in [-0.1, -0.05) is 26.0 Å². The molecular formula is C23H31N3O5. The first kappa shape index (κ1) is 24.2. The fourth-order valence-electron chi connectivity index (χ4n) is 3.49. The van der Waals surface area contributed by atoms with Crippen molar-refractivity contribution < 1.29 is 23.9 Å². The second-order valence-corrected chi connectivity index (χ2v) is 7.99. The summed E-state index contributed by atoms with van der Waals surface area (Å²) in [6.45, 7) is 6.68. The van der Waals surface area contributed by atoms with Gasteiger partial charge in [0.1, 0.15) is 11.8 Å². The first-order valence-corrected chi connectivity index (χ1v) is 10.6. The van der Waals surface area contributed by atoms with E-state index in [1.165, 1.54) is 4.90 Å². The molecule has 0 radical (unpaired) electrons. The van der Waals surface area contributed by atoms with Crippen LogP contribution in [0.2, 0.25) is 0 Å². The van der Waals surface area contributed by atoms with Crippen LogP contribution in [0.5, 0.6) is 5.75 Å². The second-order valence-electron chi connectivity index (χ2n) is 7.99. The number of ether oxygens (including phenoxy) is 2. The zero-order valence-electron chi connectivity index (χ0n) is 18.7. The molecule has 0 saturated carbocycles. The van der Waals surface area contributed by atoms with Gasteiger partial charge < -0.3 is 19.3 Å². The lowest BCUT2D eigenvalue weighted by Gasteiger charge is -2.33. The molecule has 1 aromatic carbocycles. The van der Waals surface area contributed by atoms with E-state index in [-0.39, 0.29) is 36.2 Å². The Morgan fingerprint density at radius 1 is 1.23 bits per heavy atom. The molecule has 2 amide bonds.